The second-order valence-electron chi connectivity index (χ2n) is 6.22. The van der Waals surface area contributed by atoms with Gasteiger partial charge in [-0.15, -0.1) is 12.4 Å². The van der Waals surface area contributed by atoms with E-state index < -0.39 is 0 Å². The van der Waals surface area contributed by atoms with Crippen LogP contribution in [0.5, 0.6) is 5.75 Å². The molecule has 6 nitrogen and oxygen atoms in total. The summed E-state index contributed by atoms with van der Waals surface area (Å²) in [6, 6.07) is 7.38. The number of hydrogen-bond acceptors (Lipinski definition) is 4. The molecule has 1 atom stereocenters. The number of amides is 2. The molecule has 2 fully saturated rings. The number of carbonyl (C=O) groups excluding carboxylic acids is 2. The van der Waals surface area contributed by atoms with Gasteiger partial charge in [0.25, 0.3) is 5.91 Å². The zero-order chi connectivity index (χ0) is 16.2. The molecule has 0 spiro atoms. The lowest BCUT2D eigenvalue weighted by atomic mass is 10.2. The number of ether oxygens (including phenoxy) is 1. The van der Waals surface area contributed by atoms with Crippen LogP contribution < -0.4 is 15.4 Å². The van der Waals surface area contributed by atoms with Crippen molar-refractivity contribution in [3.8, 4) is 5.75 Å². The molecular formula is C17H24ClN3O3. The number of carbonyl (C=O) groups is 2. The van der Waals surface area contributed by atoms with E-state index in [-0.39, 0.29) is 42.8 Å². The topological polar surface area (TPSA) is 70.7 Å². The molecule has 3 rings (SSSR count). The second-order valence-corrected chi connectivity index (χ2v) is 6.22. The van der Waals surface area contributed by atoms with Crippen LogP contribution in [0.4, 0.5) is 5.69 Å². The number of nitrogens with one attached hydrogen (secondary N) is 2. The summed E-state index contributed by atoms with van der Waals surface area (Å²) in [5.74, 6) is 0.810. The molecule has 1 aliphatic heterocycles. The fourth-order valence-electron chi connectivity index (χ4n) is 2.69. The molecule has 0 bridgehead atoms. The number of rotatable bonds is 5. The summed E-state index contributed by atoms with van der Waals surface area (Å²) >= 11 is 0. The van der Waals surface area contributed by atoms with Crippen molar-refractivity contribution in [1.29, 1.82) is 0 Å². The predicted octanol–water partition coefficient (Wildman–Crippen LogP) is 1.66. The van der Waals surface area contributed by atoms with Crippen LogP contribution in [0.3, 0.4) is 0 Å². The smallest absolute Gasteiger partial charge is 0.260 e. The van der Waals surface area contributed by atoms with E-state index in [1.54, 1.807) is 12.1 Å². The molecule has 1 saturated heterocycles. The molecule has 1 saturated carbocycles. The van der Waals surface area contributed by atoms with E-state index in [9.17, 15) is 9.59 Å². The van der Waals surface area contributed by atoms with Gasteiger partial charge in [0.15, 0.2) is 6.61 Å². The van der Waals surface area contributed by atoms with Gasteiger partial charge in [0, 0.05) is 43.3 Å². The Kier molecular flexibility index (Phi) is 6.45. The third-order valence-electron chi connectivity index (χ3n) is 4.23. The highest BCUT2D eigenvalue weighted by Crippen LogP contribution is 2.30. The molecule has 2 aliphatic rings. The number of piperazine rings is 1. The van der Waals surface area contributed by atoms with Crippen LogP contribution in [-0.2, 0) is 9.59 Å². The van der Waals surface area contributed by atoms with Gasteiger partial charge < -0.3 is 20.3 Å². The third-order valence-corrected chi connectivity index (χ3v) is 4.23. The molecular weight excluding hydrogens is 330 g/mol. The Morgan fingerprint density at radius 1 is 1.38 bits per heavy atom. The van der Waals surface area contributed by atoms with Gasteiger partial charge in [-0.3, -0.25) is 9.59 Å². The van der Waals surface area contributed by atoms with E-state index in [2.05, 4.69) is 10.6 Å². The minimum absolute atomic E-state index is 0. The van der Waals surface area contributed by atoms with Crippen molar-refractivity contribution in [3.05, 3.63) is 24.3 Å². The van der Waals surface area contributed by atoms with Crippen molar-refractivity contribution in [2.45, 2.75) is 25.8 Å². The summed E-state index contributed by atoms with van der Waals surface area (Å²) in [6.07, 6.45) is 1.94. The standard InChI is InChI=1S/C17H23N3O3.ClH/c1-12-10-18-7-8-20(12)16(21)11-23-15-4-2-3-14(9-15)19-17(22)13-5-6-13;/h2-4,9,12-13,18H,5-8,10-11H2,1H3,(H,19,22);1H/t12-;/m1./s1. The van der Waals surface area contributed by atoms with Crippen LogP contribution in [-0.4, -0.2) is 49.0 Å². The first-order valence-corrected chi connectivity index (χ1v) is 8.17. The van der Waals surface area contributed by atoms with E-state index in [0.717, 1.165) is 25.9 Å². The Labute approximate surface area is 148 Å². The average Bonchev–Trinajstić information content (AvgIpc) is 3.38. The first-order chi connectivity index (χ1) is 11.1. The Balaban J connectivity index is 0.00000208. The van der Waals surface area contributed by atoms with Crippen LogP contribution in [0.1, 0.15) is 19.8 Å². The molecule has 1 aromatic carbocycles. The molecule has 132 valence electrons. The summed E-state index contributed by atoms with van der Waals surface area (Å²) in [7, 11) is 0. The summed E-state index contributed by atoms with van der Waals surface area (Å²) < 4.78 is 5.60. The summed E-state index contributed by atoms with van der Waals surface area (Å²) in [5, 5.41) is 6.14. The number of nitrogens with zero attached hydrogens (tertiary/aromatic N) is 1. The average molecular weight is 354 g/mol. The Hall–Kier alpha value is -1.79. The predicted molar refractivity (Wildman–Crippen MR) is 94.6 cm³/mol. The Bertz CT molecular complexity index is 592. The van der Waals surface area contributed by atoms with Gasteiger partial charge in [0.1, 0.15) is 5.75 Å². The van der Waals surface area contributed by atoms with Crippen molar-refractivity contribution in [1.82, 2.24) is 10.2 Å². The summed E-state index contributed by atoms with van der Waals surface area (Å²) in [5.41, 5.74) is 0.711. The van der Waals surface area contributed by atoms with Crippen molar-refractivity contribution < 1.29 is 14.3 Å². The summed E-state index contributed by atoms with van der Waals surface area (Å²) in [6.45, 7) is 4.39. The normalized spacial score (nSPS) is 20.0. The van der Waals surface area contributed by atoms with Crippen molar-refractivity contribution in [2.75, 3.05) is 31.6 Å². The van der Waals surface area contributed by atoms with E-state index >= 15 is 0 Å². The zero-order valence-electron chi connectivity index (χ0n) is 13.8. The maximum atomic E-state index is 12.2. The van der Waals surface area contributed by atoms with Crippen molar-refractivity contribution in [3.63, 3.8) is 0 Å². The second kappa shape index (κ2) is 8.35. The lowest BCUT2D eigenvalue weighted by Crippen LogP contribution is -2.53. The first-order valence-electron chi connectivity index (χ1n) is 8.17. The van der Waals surface area contributed by atoms with Gasteiger partial charge in [-0.25, -0.2) is 0 Å². The van der Waals surface area contributed by atoms with Crippen LogP contribution in [0.25, 0.3) is 0 Å². The quantitative estimate of drug-likeness (QED) is 0.844. The van der Waals surface area contributed by atoms with Crippen molar-refractivity contribution in [2.24, 2.45) is 5.92 Å². The summed E-state index contributed by atoms with van der Waals surface area (Å²) in [4.78, 5) is 25.9. The van der Waals surface area contributed by atoms with E-state index in [0.29, 0.717) is 18.0 Å². The molecule has 1 heterocycles. The number of halogens is 1. The monoisotopic (exact) mass is 353 g/mol. The number of anilines is 1. The highest BCUT2D eigenvalue weighted by Gasteiger charge is 2.29. The molecule has 7 heteroatoms. The molecule has 24 heavy (non-hydrogen) atoms. The highest BCUT2D eigenvalue weighted by molar-refractivity contribution is 5.94. The fraction of sp³-hybridized carbons (Fsp3) is 0.529. The van der Waals surface area contributed by atoms with Crippen molar-refractivity contribution >= 4 is 29.9 Å². The molecule has 1 aromatic rings. The number of benzene rings is 1. The van der Waals surface area contributed by atoms with E-state index in [1.165, 1.54) is 0 Å². The molecule has 0 unspecified atom stereocenters. The number of hydrogen-bond donors (Lipinski definition) is 2. The van der Waals surface area contributed by atoms with Crippen LogP contribution in [0, 0.1) is 5.92 Å². The molecule has 0 aromatic heterocycles. The Morgan fingerprint density at radius 3 is 2.88 bits per heavy atom. The van der Waals surface area contributed by atoms with Gasteiger partial charge in [0.05, 0.1) is 0 Å². The van der Waals surface area contributed by atoms with Gasteiger partial charge in [-0.1, -0.05) is 6.07 Å². The fourth-order valence-corrected chi connectivity index (χ4v) is 2.69. The van der Waals surface area contributed by atoms with Crippen LogP contribution >= 0.6 is 12.4 Å². The van der Waals surface area contributed by atoms with Gasteiger partial charge in [-0.2, -0.15) is 0 Å². The van der Waals surface area contributed by atoms with Gasteiger partial charge >= 0.3 is 0 Å². The molecule has 2 N–H and O–H groups in total. The third kappa shape index (κ3) is 4.85. The lowest BCUT2D eigenvalue weighted by molar-refractivity contribution is -0.136. The SMILES string of the molecule is C[C@@H]1CNCCN1C(=O)COc1cccc(NC(=O)C2CC2)c1.Cl. The van der Waals surface area contributed by atoms with Crippen LogP contribution in [0.15, 0.2) is 24.3 Å². The molecule has 2 amide bonds. The minimum atomic E-state index is -0.00795. The minimum Gasteiger partial charge on any atom is -0.484 e. The van der Waals surface area contributed by atoms with Crippen LogP contribution in [0.2, 0.25) is 0 Å². The molecule has 0 radical (unpaired) electrons. The maximum absolute atomic E-state index is 12.2. The van der Waals surface area contributed by atoms with Gasteiger partial charge in [-0.05, 0) is 31.9 Å². The Morgan fingerprint density at radius 2 is 2.17 bits per heavy atom. The van der Waals surface area contributed by atoms with Gasteiger partial charge in [0.2, 0.25) is 5.91 Å². The molecule has 1 aliphatic carbocycles. The van der Waals surface area contributed by atoms with E-state index in [4.69, 9.17) is 4.74 Å². The first kappa shape index (κ1) is 18.5. The maximum Gasteiger partial charge on any atom is 0.260 e. The largest absolute Gasteiger partial charge is 0.484 e. The lowest BCUT2D eigenvalue weighted by Gasteiger charge is -2.33. The zero-order valence-corrected chi connectivity index (χ0v) is 14.6. The van der Waals surface area contributed by atoms with E-state index in [1.807, 2.05) is 24.0 Å². The highest BCUT2D eigenvalue weighted by atomic mass is 35.5.